The Kier molecular flexibility index (Phi) is 3.50. The minimum atomic E-state index is 0.260. The fraction of sp³-hybridized carbons (Fsp3) is 0.667. The van der Waals surface area contributed by atoms with Crippen molar-refractivity contribution < 1.29 is 14.0 Å². The Hall–Kier alpha value is -0.910. The van der Waals surface area contributed by atoms with Crippen LogP contribution in [0.15, 0.2) is 16.9 Å². The van der Waals surface area contributed by atoms with Crippen LogP contribution in [0.5, 0.6) is 0 Å². The zero-order valence-electron chi connectivity index (χ0n) is 7.94. The van der Waals surface area contributed by atoms with Crippen molar-refractivity contribution in [2.24, 2.45) is 0 Å². The molecule has 1 aliphatic heterocycles. The highest BCUT2D eigenvalue weighted by Crippen LogP contribution is 2.04. The summed E-state index contributed by atoms with van der Waals surface area (Å²) in [6, 6.07) is 1.85. The second-order valence-corrected chi connectivity index (χ2v) is 3.23. The Morgan fingerprint density at radius 1 is 1.57 bits per heavy atom. The fourth-order valence-electron chi connectivity index (χ4n) is 1.35. The molecule has 78 valence electrons. The third kappa shape index (κ3) is 2.80. The predicted octanol–water partition coefficient (Wildman–Crippen LogP) is 0.527. The number of hydrogen-bond acceptors (Lipinski definition) is 5. The summed E-state index contributed by atoms with van der Waals surface area (Å²) in [7, 11) is 0. The quantitative estimate of drug-likeness (QED) is 0.764. The van der Waals surface area contributed by atoms with Gasteiger partial charge in [0.15, 0.2) is 0 Å². The van der Waals surface area contributed by atoms with Gasteiger partial charge in [-0.05, 0) is 6.42 Å². The zero-order valence-corrected chi connectivity index (χ0v) is 7.94. The highest BCUT2D eigenvalue weighted by molar-refractivity contribution is 4.94. The maximum Gasteiger partial charge on any atom is 0.147 e. The van der Waals surface area contributed by atoms with Gasteiger partial charge >= 0.3 is 0 Å². The number of hydrogen-bond donors (Lipinski definition) is 1. The maximum atomic E-state index is 5.37. The average molecular weight is 198 g/mol. The van der Waals surface area contributed by atoms with Gasteiger partial charge in [-0.25, -0.2) is 0 Å². The molecular weight excluding hydrogens is 184 g/mol. The molecular formula is C9H14N2O3. The summed E-state index contributed by atoms with van der Waals surface area (Å²) in [5.41, 5.74) is 0.914. The van der Waals surface area contributed by atoms with E-state index in [1.165, 1.54) is 0 Å². The van der Waals surface area contributed by atoms with Crippen molar-refractivity contribution in [2.75, 3.05) is 19.9 Å². The van der Waals surface area contributed by atoms with Gasteiger partial charge in [0.1, 0.15) is 13.1 Å². The van der Waals surface area contributed by atoms with Crippen LogP contribution in [0.2, 0.25) is 0 Å². The van der Waals surface area contributed by atoms with Crippen molar-refractivity contribution in [3.63, 3.8) is 0 Å². The minimum Gasteiger partial charge on any atom is -0.364 e. The molecule has 0 spiro atoms. The molecule has 0 bridgehead atoms. The van der Waals surface area contributed by atoms with Gasteiger partial charge in [0, 0.05) is 19.2 Å². The van der Waals surface area contributed by atoms with Gasteiger partial charge in [0.05, 0.1) is 18.4 Å². The van der Waals surface area contributed by atoms with Crippen molar-refractivity contribution >= 4 is 0 Å². The molecule has 1 fully saturated rings. The summed E-state index contributed by atoms with van der Waals surface area (Å²) >= 11 is 0. The van der Waals surface area contributed by atoms with E-state index in [4.69, 9.17) is 14.0 Å². The van der Waals surface area contributed by atoms with Crippen LogP contribution in [0.25, 0.3) is 0 Å². The molecule has 1 saturated heterocycles. The van der Waals surface area contributed by atoms with E-state index in [2.05, 4.69) is 10.5 Å². The topological polar surface area (TPSA) is 56.5 Å². The lowest BCUT2D eigenvalue weighted by Gasteiger charge is -2.22. The average Bonchev–Trinajstić information content (AvgIpc) is 2.72. The van der Waals surface area contributed by atoms with E-state index in [0.29, 0.717) is 6.79 Å². The van der Waals surface area contributed by atoms with Crippen LogP contribution in [-0.4, -0.2) is 31.2 Å². The minimum absolute atomic E-state index is 0.260. The standard InChI is InChI=1S/C9H14N2O3/c1-4-14-11-8(1)5-10-6-9-2-3-12-7-13-9/h1,4,9-10H,2-3,5-7H2. The van der Waals surface area contributed by atoms with Crippen molar-refractivity contribution in [3.8, 4) is 0 Å². The lowest BCUT2D eigenvalue weighted by atomic mass is 10.2. The zero-order chi connectivity index (χ0) is 9.64. The van der Waals surface area contributed by atoms with Gasteiger partial charge in [-0.1, -0.05) is 5.16 Å². The summed E-state index contributed by atoms with van der Waals surface area (Å²) in [6.07, 6.45) is 2.78. The molecule has 0 aliphatic carbocycles. The van der Waals surface area contributed by atoms with Crippen LogP contribution in [0.1, 0.15) is 12.1 Å². The smallest absolute Gasteiger partial charge is 0.147 e. The molecule has 0 radical (unpaired) electrons. The number of rotatable bonds is 4. The Bertz CT molecular complexity index is 245. The first-order valence-electron chi connectivity index (χ1n) is 4.74. The van der Waals surface area contributed by atoms with Crippen LogP contribution < -0.4 is 5.32 Å². The normalized spacial score (nSPS) is 22.4. The van der Waals surface area contributed by atoms with Crippen LogP contribution in [-0.2, 0) is 16.0 Å². The molecule has 1 N–H and O–H groups in total. The van der Waals surface area contributed by atoms with Crippen molar-refractivity contribution in [1.82, 2.24) is 10.5 Å². The molecule has 0 aromatic carbocycles. The number of nitrogens with zero attached hydrogens (tertiary/aromatic N) is 1. The molecule has 1 aromatic heterocycles. The molecule has 0 saturated carbocycles. The van der Waals surface area contributed by atoms with Crippen LogP contribution >= 0.6 is 0 Å². The Labute approximate surface area is 82.4 Å². The lowest BCUT2D eigenvalue weighted by molar-refractivity contribution is -0.137. The molecule has 0 amide bonds. The third-order valence-electron chi connectivity index (χ3n) is 2.14. The molecule has 5 nitrogen and oxygen atoms in total. The van der Waals surface area contributed by atoms with E-state index in [0.717, 1.165) is 31.8 Å². The largest absolute Gasteiger partial charge is 0.364 e. The Morgan fingerprint density at radius 3 is 3.29 bits per heavy atom. The molecule has 1 atom stereocenters. The van der Waals surface area contributed by atoms with Gasteiger partial charge < -0.3 is 19.3 Å². The van der Waals surface area contributed by atoms with E-state index in [1.807, 2.05) is 6.07 Å². The first-order chi connectivity index (χ1) is 6.95. The van der Waals surface area contributed by atoms with Crippen molar-refractivity contribution in [3.05, 3.63) is 18.0 Å². The van der Waals surface area contributed by atoms with Gasteiger partial charge in [-0.15, -0.1) is 0 Å². The predicted molar refractivity (Wildman–Crippen MR) is 48.5 cm³/mol. The summed E-state index contributed by atoms with van der Waals surface area (Å²) in [4.78, 5) is 0. The monoisotopic (exact) mass is 198 g/mol. The third-order valence-corrected chi connectivity index (χ3v) is 2.14. The number of nitrogens with one attached hydrogen (secondary N) is 1. The van der Waals surface area contributed by atoms with Gasteiger partial charge in [0.2, 0.25) is 0 Å². The van der Waals surface area contributed by atoms with Gasteiger partial charge in [-0.2, -0.15) is 0 Å². The molecule has 1 aliphatic rings. The summed E-state index contributed by atoms with van der Waals surface area (Å²) in [5, 5.41) is 7.05. The van der Waals surface area contributed by atoms with E-state index < -0.39 is 0 Å². The number of ether oxygens (including phenoxy) is 2. The van der Waals surface area contributed by atoms with Crippen LogP contribution in [0.4, 0.5) is 0 Å². The molecule has 2 rings (SSSR count). The molecule has 1 unspecified atom stereocenters. The first-order valence-corrected chi connectivity index (χ1v) is 4.74. The molecule has 2 heterocycles. The second kappa shape index (κ2) is 5.09. The lowest BCUT2D eigenvalue weighted by Crippen LogP contribution is -2.33. The second-order valence-electron chi connectivity index (χ2n) is 3.23. The van der Waals surface area contributed by atoms with E-state index >= 15 is 0 Å². The van der Waals surface area contributed by atoms with E-state index in [1.54, 1.807) is 6.26 Å². The van der Waals surface area contributed by atoms with E-state index in [9.17, 15) is 0 Å². The highest BCUT2D eigenvalue weighted by atomic mass is 16.7. The first kappa shape index (κ1) is 9.64. The molecule has 14 heavy (non-hydrogen) atoms. The van der Waals surface area contributed by atoms with Crippen LogP contribution in [0, 0.1) is 0 Å². The van der Waals surface area contributed by atoms with Gasteiger partial charge in [0.25, 0.3) is 0 Å². The highest BCUT2D eigenvalue weighted by Gasteiger charge is 2.13. The maximum absolute atomic E-state index is 5.37. The Morgan fingerprint density at radius 2 is 2.57 bits per heavy atom. The fourth-order valence-corrected chi connectivity index (χ4v) is 1.35. The van der Waals surface area contributed by atoms with E-state index in [-0.39, 0.29) is 6.10 Å². The summed E-state index contributed by atoms with van der Waals surface area (Å²) in [5.74, 6) is 0. The van der Waals surface area contributed by atoms with Crippen molar-refractivity contribution in [2.45, 2.75) is 19.1 Å². The number of aromatic nitrogens is 1. The summed E-state index contributed by atoms with van der Waals surface area (Å²) in [6.45, 7) is 2.75. The SMILES string of the molecule is c1cc(CNCC2CCOCO2)no1. The molecule has 5 heteroatoms. The Balaban J connectivity index is 1.62. The van der Waals surface area contributed by atoms with Crippen molar-refractivity contribution in [1.29, 1.82) is 0 Å². The summed E-state index contributed by atoms with van der Waals surface area (Å²) < 4.78 is 15.2. The van der Waals surface area contributed by atoms with Gasteiger partial charge in [-0.3, -0.25) is 0 Å². The molecule has 1 aromatic rings. The van der Waals surface area contributed by atoms with Crippen LogP contribution in [0.3, 0.4) is 0 Å².